The van der Waals surface area contributed by atoms with E-state index in [1.807, 2.05) is 30.3 Å². The summed E-state index contributed by atoms with van der Waals surface area (Å²) in [5.74, 6) is 0.737. The maximum Gasteiger partial charge on any atom is 0.216 e. The van der Waals surface area contributed by atoms with Crippen LogP contribution in [0, 0.1) is 0 Å². The molecule has 20 heavy (non-hydrogen) atoms. The Hall–Kier alpha value is -1.85. The monoisotopic (exact) mass is 291 g/mol. The third-order valence-electron chi connectivity index (χ3n) is 3.15. The Bertz CT molecular complexity index is 651. The van der Waals surface area contributed by atoms with Gasteiger partial charge in [-0.1, -0.05) is 42.5 Å². The van der Waals surface area contributed by atoms with E-state index in [2.05, 4.69) is 0 Å². The van der Waals surface area contributed by atoms with Gasteiger partial charge in [-0.05, 0) is 29.7 Å². The molecule has 0 aliphatic rings. The molecule has 1 unspecified atom stereocenters. The summed E-state index contributed by atoms with van der Waals surface area (Å²) in [4.78, 5) is 0. The first-order valence-electron chi connectivity index (χ1n) is 6.20. The Labute approximate surface area is 119 Å². The second-order valence-electron chi connectivity index (χ2n) is 4.54. The summed E-state index contributed by atoms with van der Waals surface area (Å²) < 4.78 is 28.7. The van der Waals surface area contributed by atoms with Gasteiger partial charge in [0.1, 0.15) is 11.0 Å². The van der Waals surface area contributed by atoms with Crippen LogP contribution >= 0.6 is 0 Å². The second-order valence-corrected chi connectivity index (χ2v) is 6.29. The number of hydrogen-bond acceptors (Lipinski definition) is 3. The number of primary sulfonamides is 1. The first-order chi connectivity index (χ1) is 9.50. The van der Waals surface area contributed by atoms with E-state index in [-0.39, 0.29) is 0 Å². The van der Waals surface area contributed by atoms with E-state index in [0.717, 1.165) is 11.3 Å². The summed E-state index contributed by atoms with van der Waals surface area (Å²) >= 11 is 0. The van der Waals surface area contributed by atoms with Gasteiger partial charge in [0.2, 0.25) is 10.0 Å². The van der Waals surface area contributed by atoms with Crippen molar-refractivity contribution in [3.05, 3.63) is 65.7 Å². The fourth-order valence-electron chi connectivity index (χ4n) is 2.07. The lowest BCUT2D eigenvalue weighted by Crippen LogP contribution is -2.23. The highest BCUT2D eigenvalue weighted by molar-refractivity contribution is 7.89. The van der Waals surface area contributed by atoms with Crippen molar-refractivity contribution in [1.82, 2.24) is 0 Å². The van der Waals surface area contributed by atoms with E-state index in [1.165, 1.54) is 0 Å². The molecule has 0 aromatic heterocycles. The average molecular weight is 291 g/mol. The van der Waals surface area contributed by atoms with Crippen molar-refractivity contribution in [2.24, 2.45) is 5.14 Å². The molecule has 0 fully saturated rings. The molecule has 0 saturated carbocycles. The number of ether oxygens (including phenoxy) is 1. The van der Waals surface area contributed by atoms with Gasteiger partial charge in [0.05, 0.1) is 7.11 Å². The zero-order valence-electron chi connectivity index (χ0n) is 11.2. The van der Waals surface area contributed by atoms with Gasteiger partial charge in [-0.3, -0.25) is 0 Å². The Balaban J connectivity index is 2.29. The summed E-state index contributed by atoms with van der Waals surface area (Å²) in [6, 6.07) is 16.3. The van der Waals surface area contributed by atoms with Crippen LogP contribution in [-0.2, 0) is 16.4 Å². The van der Waals surface area contributed by atoms with Crippen molar-refractivity contribution in [3.63, 3.8) is 0 Å². The van der Waals surface area contributed by atoms with E-state index in [0.29, 0.717) is 12.0 Å². The van der Waals surface area contributed by atoms with Gasteiger partial charge >= 0.3 is 0 Å². The van der Waals surface area contributed by atoms with Crippen LogP contribution in [0.3, 0.4) is 0 Å². The molecular weight excluding hydrogens is 274 g/mol. The number of hydrogen-bond donors (Lipinski definition) is 1. The Morgan fingerprint density at radius 3 is 2.15 bits per heavy atom. The average Bonchev–Trinajstić information content (AvgIpc) is 2.45. The molecule has 0 radical (unpaired) electrons. The van der Waals surface area contributed by atoms with Gasteiger partial charge in [-0.2, -0.15) is 0 Å². The molecule has 2 N–H and O–H groups in total. The minimum absolute atomic E-state index is 0.340. The van der Waals surface area contributed by atoms with Crippen LogP contribution in [0.5, 0.6) is 5.75 Å². The first kappa shape index (κ1) is 14.6. The molecule has 2 aromatic carbocycles. The Morgan fingerprint density at radius 1 is 1.05 bits per heavy atom. The van der Waals surface area contributed by atoms with Crippen molar-refractivity contribution in [2.45, 2.75) is 11.7 Å². The van der Waals surface area contributed by atoms with Crippen LogP contribution < -0.4 is 9.88 Å². The first-order valence-corrected chi connectivity index (χ1v) is 7.81. The topological polar surface area (TPSA) is 69.4 Å². The lowest BCUT2D eigenvalue weighted by molar-refractivity contribution is 0.414. The summed E-state index contributed by atoms with van der Waals surface area (Å²) in [6.45, 7) is 0. The van der Waals surface area contributed by atoms with Gasteiger partial charge < -0.3 is 4.74 Å². The van der Waals surface area contributed by atoms with Crippen molar-refractivity contribution < 1.29 is 13.2 Å². The molecule has 0 heterocycles. The third kappa shape index (κ3) is 3.59. The van der Waals surface area contributed by atoms with Crippen molar-refractivity contribution in [1.29, 1.82) is 0 Å². The lowest BCUT2D eigenvalue weighted by atomic mass is 10.0. The molecule has 0 bridgehead atoms. The van der Waals surface area contributed by atoms with Crippen LogP contribution in [0.2, 0.25) is 0 Å². The highest BCUT2D eigenvalue weighted by Gasteiger charge is 2.23. The van der Waals surface area contributed by atoms with Gasteiger partial charge in [-0.25, -0.2) is 13.6 Å². The standard InChI is InChI=1S/C15H17NO3S/c1-19-14-9-7-12(8-10-14)11-15(20(16,17)18)13-5-3-2-4-6-13/h2-10,15H,11H2,1H3,(H2,16,17,18). The second kappa shape index (κ2) is 6.07. The fourth-order valence-corrected chi connectivity index (χ4v) is 3.03. The molecule has 0 aliphatic carbocycles. The minimum atomic E-state index is -3.66. The molecule has 5 heteroatoms. The largest absolute Gasteiger partial charge is 0.497 e. The number of nitrogens with two attached hydrogens (primary N) is 1. The van der Waals surface area contributed by atoms with E-state index < -0.39 is 15.3 Å². The van der Waals surface area contributed by atoms with E-state index in [1.54, 1.807) is 31.4 Å². The van der Waals surface area contributed by atoms with Crippen LogP contribution in [0.1, 0.15) is 16.4 Å². The highest BCUT2D eigenvalue weighted by atomic mass is 32.2. The summed E-state index contributed by atoms with van der Waals surface area (Å²) in [6.07, 6.45) is 0.340. The molecule has 0 amide bonds. The van der Waals surface area contributed by atoms with Gasteiger partial charge in [-0.15, -0.1) is 0 Å². The van der Waals surface area contributed by atoms with Crippen LogP contribution in [0.15, 0.2) is 54.6 Å². The summed E-state index contributed by atoms with van der Waals surface area (Å²) in [5.41, 5.74) is 1.60. The normalized spacial score (nSPS) is 12.9. The Kier molecular flexibility index (Phi) is 4.42. The quantitative estimate of drug-likeness (QED) is 0.918. The SMILES string of the molecule is COc1ccc(CC(c2ccccc2)S(N)(=O)=O)cc1. The van der Waals surface area contributed by atoms with E-state index in [4.69, 9.17) is 9.88 Å². The number of methoxy groups -OCH3 is 1. The predicted octanol–water partition coefficient (Wildman–Crippen LogP) is 2.27. The third-order valence-corrected chi connectivity index (χ3v) is 4.38. The molecule has 2 rings (SSSR count). The molecule has 2 aromatic rings. The van der Waals surface area contributed by atoms with Crippen molar-refractivity contribution in [2.75, 3.05) is 7.11 Å². The van der Waals surface area contributed by atoms with Crippen LogP contribution in [0.4, 0.5) is 0 Å². The molecule has 0 saturated heterocycles. The maximum atomic E-state index is 11.8. The number of rotatable bonds is 5. The molecule has 1 atom stereocenters. The molecule has 106 valence electrons. The number of benzene rings is 2. The maximum absolute atomic E-state index is 11.8. The van der Waals surface area contributed by atoms with Gasteiger partial charge in [0, 0.05) is 0 Å². The van der Waals surface area contributed by atoms with Gasteiger partial charge in [0.25, 0.3) is 0 Å². The summed E-state index contributed by atoms with van der Waals surface area (Å²) in [5, 5.41) is 4.62. The molecular formula is C15H17NO3S. The molecule has 0 aliphatic heterocycles. The molecule has 4 nitrogen and oxygen atoms in total. The zero-order chi connectivity index (χ0) is 14.6. The summed E-state index contributed by atoms with van der Waals surface area (Å²) in [7, 11) is -2.07. The van der Waals surface area contributed by atoms with Crippen LogP contribution in [0.25, 0.3) is 0 Å². The molecule has 0 spiro atoms. The Morgan fingerprint density at radius 2 is 1.65 bits per heavy atom. The van der Waals surface area contributed by atoms with Crippen molar-refractivity contribution in [3.8, 4) is 5.75 Å². The zero-order valence-corrected chi connectivity index (χ0v) is 12.0. The minimum Gasteiger partial charge on any atom is -0.497 e. The smallest absolute Gasteiger partial charge is 0.216 e. The van der Waals surface area contributed by atoms with E-state index >= 15 is 0 Å². The van der Waals surface area contributed by atoms with Gasteiger partial charge in [0.15, 0.2) is 0 Å². The fraction of sp³-hybridized carbons (Fsp3) is 0.200. The van der Waals surface area contributed by atoms with Crippen LogP contribution in [-0.4, -0.2) is 15.5 Å². The van der Waals surface area contributed by atoms with Crippen molar-refractivity contribution >= 4 is 10.0 Å². The number of sulfonamides is 1. The predicted molar refractivity (Wildman–Crippen MR) is 79.0 cm³/mol. The lowest BCUT2D eigenvalue weighted by Gasteiger charge is -2.15. The van der Waals surface area contributed by atoms with E-state index in [9.17, 15) is 8.42 Å². The highest BCUT2D eigenvalue weighted by Crippen LogP contribution is 2.25.